The molecule has 1 aromatic heterocycles. The van der Waals surface area contributed by atoms with Crippen molar-refractivity contribution in [3.63, 3.8) is 0 Å². The molecule has 0 spiro atoms. The summed E-state index contributed by atoms with van der Waals surface area (Å²) in [6, 6.07) is 0. The fraction of sp³-hybridized carbons (Fsp3) is 0.643. The van der Waals surface area contributed by atoms with Crippen LogP contribution in [0, 0.1) is 0 Å². The van der Waals surface area contributed by atoms with Gasteiger partial charge in [0.05, 0.1) is 5.69 Å². The fourth-order valence-electron chi connectivity index (χ4n) is 1.51. The lowest BCUT2D eigenvalue weighted by molar-refractivity contribution is 0.0297. The zero-order chi connectivity index (χ0) is 15.0. The summed E-state index contributed by atoms with van der Waals surface area (Å²) >= 11 is 0. The van der Waals surface area contributed by atoms with Crippen LogP contribution >= 0.6 is 0 Å². The number of ether oxygens (including phenoxy) is 1. The molecule has 0 saturated carbocycles. The van der Waals surface area contributed by atoms with Gasteiger partial charge in [0.15, 0.2) is 0 Å². The highest BCUT2D eigenvalue weighted by molar-refractivity contribution is 5.67. The van der Waals surface area contributed by atoms with Gasteiger partial charge in [0.1, 0.15) is 5.60 Å². The molecule has 6 heteroatoms. The average molecular weight is 280 g/mol. The van der Waals surface area contributed by atoms with E-state index in [2.05, 4.69) is 15.3 Å². The predicted molar refractivity (Wildman–Crippen MR) is 77.2 cm³/mol. The largest absolute Gasteiger partial charge is 0.444 e. The minimum absolute atomic E-state index is 0.286. The van der Waals surface area contributed by atoms with Gasteiger partial charge in [0.2, 0.25) is 0 Å². The molecule has 0 saturated heterocycles. The van der Waals surface area contributed by atoms with Crippen LogP contribution in [0.1, 0.15) is 32.9 Å². The zero-order valence-electron chi connectivity index (χ0n) is 12.7. The Labute approximate surface area is 120 Å². The predicted octanol–water partition coefficient (Wildman–Crippen LogP) is 1.82. The molecule has 0 aliphatic heterocycles. The molecule has 6 nitrogen and oxygen atoms in total. The van der Waals surface area contributed by atoms with Crippen molar-refractivity contribution in [3.8, 4) is 0 Å². The second-order valence-electron chi connectivity index (χ2n) is 5.63. The number of nitrogens with one attached hydrogen (secondary N) is 1. The summed E-state index contributed by atoms with van der Waals surface area (Å²) in [5.74, 6) is 0. The normalized spacial score (nSPS) is 11.2. The standard InChI is InChI=1S/C14H24N4O2/c1-14(2,3)20-13(19)18(4)9-5-6-15-10-12-11-16-7-8-17-12/h7-8,11,15H,5-6,9-10H2,1-4H3. The molecular formula is C14H24N4O2. The van der Waals surface area contributed by atoms with Gasteiger partial charge in [-0.05, 0) is 33.7 Å². The molecule has 0 atom stereocenters. The molecule has 1 amide bonds. The Kier molecular flexibility index (Phi) is 6.38. The number of hydrogen-bond acceptors (Lipinski definition) is 5. The lowest BCUT2D eigenvalue weighted by Gasteiger charge is -2.24. The van der Waals surface area contributed by atoms with E-state index in [-0.39, 0.29) is 6.09 Å². The Morgan fingerprint density at radius 1 is 1.40 bits per heavy atom. The Morgan fingerprint density at radius 2 is 2.15 bits per heavy atom. The summed E-state index contributed by atoms with van der Waals surface area (Å²) in [5, 5.41) is 3.26. The molecule has 20 heavy (non-hydrogen) atoms. The van der Waals surface area contributed by atoms with Crippen LogP contribution in [0.3, 0.4) is 0 Å². The zero-order valence-corrected chi connectivity index (χ0v) is 12.7. The molecule has 0 aliphatic rings. The third-order valence-electron chi connectivity index (χ3n) is 2.48. The molecule has 0 bridgehead atoms. The van der Waals surface area contributed by atoms with E-state index in [1.807, 2.05) is 20.8 Å². The van der Waals surface area contributed by atoms with Crippen molar-refractivity contribution in [2.75, 3.05) is 20.1 Å². The topological polar surface area (TPSA) is 67.3 Å². The molecule has 0 fully saturated rings. The highest BCUT2D eigenvalue weighted by atomic mass is 16.6. The number of rotatable bonds is 6. The van der Waals surface area contributed by atoms with E-state index in [1.54, 1.807) is 30.5 Å². The third-order valence-corrected chi connectivity index (χ3v) is 2.48. The van der Waals surface area contributed by atoms with Crippen molar-refractivity contribution in [1.82, 2.24) is 20.2 Å². The van der Waals surface area contributed by atoms with Crippen LogP contribution in [-0.2, 0) is 11.3 Å². The lowest BCUT2D eigenvalue weighted by atomic mass is 10.2. The van der Waals surface area contributed by atoms with Gasteiger partial charge in [-0.25, -0.2) is 4.79 Å². The van der Waals surface area contributed by atoms with Crippen LogP contribution in [0.4, 0.5) is 4.79 Å². The Balaban J connectivity index is 2.13. The highest BCUT2D eigenvalue weighted by Crippen LogP contribution is 2.09. The quantitative estimate of drug-likeness (QED) is 0.805. The first kappa shape index (κ1) is 16.4. The van der Waals surface area contributed by atoms with Gasteiger partial charge >= 0.3 is 6.09 Å². The molecule has 0 aliphatic carbocycles. The Hall–Kier alpha value is -1.69. The fourth-order valence-corrected chi connectivity index (χ4v) is 1.51. The van der Waals surface area contributed by atoms with Crippen LogP contribution in [0.15, 0.2) is 18.6 Å². The summed E-state index contributed by atoms with van der Waals surface area (Å²) in [6.45, 7) is 7.74. The summed E-state index contributed by atoms with van der Waals surface area (Å²) in [5.41, 5.74) is 0.461. The van der Waals surface area contributed by atoms with Crippen molar-refractivity contribution in [3.05, 3.63) is 24.3 Å². The minimum atomic E-state index is -0.449. The molecule has 112 valence electrons. The van der Waals surface area contributed by atoms with Gasteiger partial charge in [-0.3, -0.25) is 9.97 Å². The van der Waals surface area contributed by atoms with Gasteiger partial charge in [0.25, 0.3) is 0 Å². The molecule has 0 unspecified atom stereocenters. The molecule has 0 aromatic carbocycles. The monoisotopic (exact) mass is 280 g/mol. The smallest absolute Gasteiger partial charge is 0.410 e. The number of carbonyl (C=O) groups excluding carboxylic acids is 1. The molecule has 1 N–H and O–H groups in total. The third kappa shape index (κ3) is 7.04. The summed E-state index contributed by atoms with van der Waals surface area (Å²) in [6.07, 6.45) is 5.63. The first-order valence-electron chi connectivity index (χ1n) is 6.78. The number of carbonyl (C=O) groups is 1. The number of hydrogen-bond donors (Lipinski definition) is 1. The second-order valence-corrected chi connectivity index (χ2v) is 5.63. The van der Waals surface area contributed by atoms with E-state index in [0.29, 0.717) is 13.1 Å². The molecule has 1 aromatic rings. The van der Waals surface area contributed by atoms with Crippen molar-refractivity contribution in [2.24, 2.45) is 0 Å². The van der Waals surface area contributed by atoms with E-state index in [9.17, 15) is 4.79 Å². The number of amides is 1. The van der Waals surface area contributed by atoms with Crippen LogP contribution in [0.25, 0.3) is 0 Å². The van der Waals surface area contributed by atoms with Crippen LogP contribution in [-0.4, -0.2) is 46.7 Å². The Morgan fingerprint density at radius 3 is 2.75 bits per heavy atom. The van der Waals surface area contributed by atoms with E-state index in [0.717, 1.165) is 18.7 Å². The molecular weight excluding hydrogens is 256 g/mol. The van der Waals surface area contributed by atoms with Gasteiger partial charge < -0.3 is 15.0 Å². The maximum atomic E-state index is 11.7. The van der Waals surface area contributed by atoms with E-state index in [1.165, 1.54) is 0 Å². The van der Waals surface area contributed by atoms with Crippen LogP contribution in [0.5, 0.6) is 0 Å². The van der Waals surface area contributed by atoms with Crippen LogP contribution < -0.4 is 5.32 Å². The molecule has 0 radical (unpaired) electrons. The maximum absolute atomic E-state index is 11.7. The van der Waals surface area contributed by atoms with Crippen LogP contribution in [0.2, 0.25) is 0 Å². The highest BCUT2D eigenvalue weighted by Gasteiger charge is 2.18. The average Bonchev–Trinajstić information content (AvgIpc) is 2.37. The minimum Gasteiger partial charge on any atom is -0.444 e. The van der Waals surface area contributed by atoms with Gasteiger partial charge in [-0.2, -0.15) is 0 Å². The number of nitrogens with zero attached hydrogens (tertiary/aromatic N) is 3. The number of aromatic nitrogens is 2. The first-order chi connectivity index (χ1) is 9.38. The van der Waals surface area contributed by atoms with Crippen molar-refractivity contribution < 1.29 is 9.53 Å². The van der Waals surface area contributed by atoms with Gasteiger partial charge in [-0.15, -0.1) is 0 Å². The first-order valence-corrected chi connectivity index (χ1v) is 6.78. The van der Waals surface area contributed by atoms with E-state index in [4.69, 9.17) is 4.74 Å². The molecule has 1 rings (SSSR count). The van der Waals surface area contributed by atoms with E-state index < -0.39 is 5.60 Å². The second kappa shape index (κ2) is 7.79. The summed E-state index contributed by atoms with van der Waals surface area (Å²) in [7, 11) is 1.75. The van der Waals surface area contributed by atoms with E-state index >= 15 is 0 Å². The lowest BCUT2D eigenvalue weighted by Crippen LogP contribution is -2.35. The summed E-state index contributed by atoms with van der Waals surface area (Å²) in [4.78, 5) is 21.5. The van der Waals surface area contributed by atoms with Crippen molar-refractivity contribution >= 4 is 6.09 Å². The van der Waals surface area contributed by atoms with Crippen molar-refractivity contribution in [2.45, 2.75) is 39.3 Å². The van der Waals surface area contributed by atoms with Crippen molar-refractivity contribution in [1.29, 1.82) is 0 Å². The van der Waals surface area contributed by atoms with Gasteiger partial charge in [0, 0.05) is 38.7 Å². The maximum Gasteiger partial charge on any atom is 0.410 e. The SMILES string of the molecule is CN(CCCNCc1cnccn1)C(=O)OC(C)(C)C. The summed E-state index contributed by atoms with van der Waals surface area (Å²) < 4.78 is 5.27. The Bertz CT molecular complexity index is 403. The molecule has 1 heterocycles. The van der Waals surface area contributed by atoms with Gasteiger partial charge in [-0.1, -0.05) is 0 Å².